The van der Waals surface area contributed by atoms with Gasteiger partial charge >= 0.3 is 11.9 Å². The van der Waals surface area contributed by atoms with E-state index in [4.69, 9.17) is 14.2 Å². The van der Waals surface area contributed by atoms with Crippen LogP contribution in [0.15, 0.2) is 35.7 Å². The van der Waals surface area contributed by atoms with Crippen molar-refractivity contribution in [3.05, 3.63) is 52.4 Å². The first-order chi connectivity index (χ1) is 14.5. The Balaban J connectivity index is 1.56. The first-order valence-corrected chi connectivity index (χ1v) is 10.5. The van der Waals surface area contributed by atoms with Crippen molar-refractivity contribution in [2.24, 2.45) is 0 Å². The molecular weight excluding hydrogens is 406 g/mol. The molecule has 1 amide bonds. The fraction of sp³-hybridized carbons (Fsp3) is 0.318. The van der Waals surface area contributed by atoms with Gasteiger partial charge in [0, 0.05) is 6.08 Å². The molecule has 1 aliphatic carbocycles. The molecule has 1 fully saturated rings. The summed E-state index contributed by atoms with van der Waals surface area (Å²) in [5.74, 6) is -0.611. The molecule has 3 rings (SSSR count). The fourth-order valence-corrected chi connectivity index (χ4v) is 3.88. The van der Waals surface area contributed by atoms with Crippen molar-refractivity contribution in [2.75, 3.05) is 25.6 Å². The third-order valence-corrected chi connectivity index (χ3v) is 5.33. The van der Waals surface area contributed by atoms with Crippen molar-refractivity contribution in [3.63, 3.8) is 0 Å². The molecule has 0 saturated heterocycles. The van der Waals surface area contributed by atoms with Crippen LogP contribution in [-0.4, -0.2) is 38.2 Å². The predicted molar refractivity (Wildman–Crippen MR) is 114 cm³/mol. The highest BCUT2D eigenvalue weighted by Gasteiger charge is 2.32. The van der Waals surface area contributed by atoms with Crippen molar-refractivity contribution in [3.8, 4) is 5.75 Å². The number of methoxy groups -OCH3 is 1. The number of hydrogen-bond donors (Lipinski definition) is 1. The van der Waals surface area contributed by atoms with Crippen LogP contribution in [0.1, 0.15) is 47.2 Å². The Bertz CT molecular complexity index is 960. The maximum atomic E-state index is 12.3. The minimum Gasteiger partial charge on any atom is -0.497 e. The number of nitrogens with one attached hydrogen (secondary N) is 1. The Hall–Kier alpha value is -3.13. The molecule has 0 spiro atoms. The van der Waals surface area contributed by atoms with E-state index in [0.29, 0.717) is 22.2 Å². The first kappa shape index (κ1) is 21.6. The second kappa shape index (κ2) is 10.1. The highest BCUT2D eigenvalue weighted by molar-refractivity contribution is 7.15. The van der Waals surface area contributed by atoms with Crippen LogP contribution in [0.2, 0.25) is 0 Å². The lowest BCUT2D eigenvalue weighted by molar-refractivity contribution is -0.142. The van der Waals surface area contributed by atoms with Gasteiger partial charge in [0.05, 0.1) is 19.3 Å². The SMILES string of the molecule is CCOC(=O)c1c(C2CC2)csc1NC(=O)COC(=O)/C=C/c1cccc(OC)c1. The number of hydrogen-bond acceptors (Lipinski definition) is 7. The number of rotatable bonds is 9. The maximum absolute atomic E-state index is 12.3. The molecule has 0 bridgehead atoms. The van der Waals surface area contributed by atoms with Crippen LogP contribution in [-0.2, 0) is 19.1 Å². The lowest BCUT2D eigenvalue weighted by Gasteiger charge is -2.08. The minimum absolute atomic E-state index is 0.253. The third-order valence-electron chi connectivity index (χ3n) is 4.42. The Morgan fingerprint density at radius 3 is 2.73 bits per heavy atom. The molecule has 1 heterocycles. The van der Waals surface area contributed by atoms with Gasteiger partial charge in [0.1, 0.15) is 10.8 Å². The average molecular weight is 429 g/mol. The van der Waals surface area contributed by atoms with Crippen LogP contribution in [0, 0.1) is 0 Å². The Morgan fingerprint density at radius 2 is 2.03 bits per heavy atom. The minimum atomic E-state index is -0.650. The molecule has 30 heavy (non-hydrogen) atoms. The van der Waals surface area contributed by atoms with Crippen molar-refractivity contribution < 1.29 is 28.6 Å². The number of ether oxygens (including phenoxy) is 3. The molecule has 1 saturated carbocycles. The summed E-state index contributed by atoms with van der Waals surface area (Å²) < 4.78 is 15.2. The molecule has 1 N–H and O–H groups in total. The number of anilines is 1. The van der Waals surface area contributed by atoms with E-state index in [1.165, 1.54) is 17.4 Å². The Labute approximate surface area is 178 Å². The zero-order valence-electron chi connectivity index (χ0n) is 16.8. The number of carbonyl (C=O) groups is 3. The molecule has 0 atom stereocenters. The zero-order chi connectivity index (χ0) is 21.5. The van der Waals surface area contributed by atoms with Crippen molar-refractivity contribution in [2.45, 2.75) is 25.7 Å². The Morgan fingerprint density at radius 1 is 1.23 bits per heavy atom. The van der Waals surface area contributed by atoms with Gasteiger partial charge < -0.3 is 19.5 Å². The number of benzene rings is 1. The van der Waals surface area contributed by atoms with Crippen molar-refractivity contribution in [1.29, 1.82) is 0 Å². The lowest BCUT2D eigenvalue weighted by atomic mass is 10.1. The van der Waals surface area contributed by atoms with Gasteiger partial charge in [-0.15, -0.1) is 11.3 Å². The second-order valence-corrected chi connectivity index (χ2v) is 7.54. The fourth-order valence-electron chi connectivity index (χ4n) is 2.83. The third kappa shape index (κ3) is 5.70. The summed E-state index contributed by atoms with van der Waals surface area (Å²) in [7, 11) is 1.56. The van der Waals surface area contributed by atoms with E-state index in [1.54, 1.807) is 38.3 Å². The van der Waals surface area contributed by atoms with E-state index >= 15 is 0 Å². The zero-order valence-corrected chi connectivity index (χ0v) is 17.6. The second-order valence-electron chi connectivity index (χ2n) is 6.66. The van der Waals surface area contributed by atoms with E-state index in [9.17, 15) is 14.4 Å². The van der Waals surface area contributed by atoms with Gasteiger partial charge in [-0.05, 0) is 60.4 Å². The topological polar surface area (TPSA) is 90.9 Å². The van der Waals surface area contributed by atoms with E-state index in [-0.39, 0.29) is 6.61 Å². The highest BCUT2D eigenvalue weighted by Crippen LogP contribution is 2.46. The summed E-state index contributed by atoms with van der Waals surface area (Å²) in [5, 5.41) is 4.96. The van der Waals surface area contributed by atoms with Crippen LogP contribution in [0.5, 0.6) is 5.75 Å². The lowest BCUT2D eigenvalue weighted by Crippen LogP contribution is -2.21. The van der Waals surface area contributed by atoms with Crippen LogP contribution >= 0.6 is 11.3 Å². The summed E-state index contributed by atoms with van der Waals surface area (Å²) >= 11 is 1.27. The van der Waals surface area contributed by atoms with E-state index in [0.717, 1.165) is 24.0 Å². The standard InChI is InChI=1S/C22H23NO6S/c1-3-28-22(26)20-17(15-8-9-15)13-30-21(20)23-18(24)12-29-19(25)10-7-14-5-4-6-16(11-14)27-2/h4-7,10-11,13,15H,3,8-9,12H2,1-2H3,(H,23,24)/b10-7+. The van der Waals surface area contributed by atoms with Crippen molar-refractivity contribution >= 4 is 40.3 Å². The molecule has 8 heteroatoms. The molecule has 1 aromatic heterocycles. The maximum Gasteiger partial charge on any atom is 0.341 e. The summed E-state index contributed by atoms with van der Waals surface area (Å²) in [6.07, 6.45) is 4.85. The summed E-state index contributed by atoms with van der Waals surface area (Å²) in [6, 6.07) is 7.17. The molecule has 0 radical (unpaired) electrons. The number of carbonyl (C=O) groups excluding carboxylic acids is 3. The molecule has 158 valence electrons. The number of amides is 1. The van der Waals surface area contributed by atoms with E-state index in [2.05, 4.69) is 5.32 Å². The van der Waals surface area contributed by atoms with Gasteiger partial charge in [0.2, 0.25) is 0 Å². The van der Waals surface area contributed by atoms with E-state index < -0.39 is 24.5 Å². The molecule has 0 unspecified atom stereocenters. The predicted octanol–water partition coefficient (Wildman–Crippen LogP) is 4.01. The van der Waals surface area contributed by atoms with Crippen LogP contribution in [0.4, 0.5) is 5.00 Å². The normalized spacial score (nSPS) is 13.1. The van der Waals surface area contributed by atoms with Crippen LogP contribution < -0.4 is 10.1 Å². The summed E-state index contributed by atoms with van der Waals surface area (Å²) in [6.45, 7) is 1.53. The monoisotopic (exact) mass is 429 g/mol. The van der Waals surface area contributed by atoms with E-state index in [1.807, 2.05) is 11.4 Å². The van der Waals surface area contributed by atoms with Crippen molar-refractivity contribution in [1.82, 2.24) is 0 Å². The number of thiophene rings is 1. The van der Waals surface area contributed by atoms with Gasteiger partial charge in [-0.25, -0.2) is 9.59 Å². The van der Waals surface area contributed by atoms with Gasteiger partial charge in [0.15, 0.2) is 6.61 Å². The first-order valence-electron chi connectivity index (χ1n) is 9.59. The Kier molecular flexibility index (Phi) is 7.24. The average Bonchev–Trinajstić information content (AvgIpc) is 3.51. The molecular formula is C22H23NO6S. The van der Waals surface area contributed by atoms with Gasteiger partial charge in [-0.1, -0.05) is 12.1 Å². The molecule has 1 aromatic carbocycles. The molecule has 7 nitrogen and oxygen atoms in total. The molecule has 2 aromatic rings. The van der Waals surface area contributed by atoms with Crippen LogP contribution in [0.25, 0.3) is 6.08 Å². The summed E-state index contributed by atoms with van der Waals surface area (Å²) in [4.78, 5) is 36.4. The quantitative estimate of drug-likeness (QED) is 0.478. The smallest absolute Gasteiger partial charge is 0.341 e. The number of esters is 2. The molecule has 0 aliphatic heterocycles. The highest BCUT2D eigenvalue weighted by atomic mass is 32.1. The van der Waals surface area contributed by atoms with Crippen LogP contribution in [0.3, 0.4) is 0 Å². The molecule has 1 aliphatic rings. The van der Waals surface area contributed by atoms with Gasteiger partial charge in [0.25, 0.3) is 5.91 Å². The summed E-state index contributed by atoms with van der Waals surface area (Å²) in [5.41, 5.74) is 2.08. The van der Waals surface area contributed by atoms with Gasteiger partial charge in [-0.2, -0.15) is 0 Å². The van der Waals surface area contributed by atoms with Gasteiger partial charge in [-0.3, -0.25) is 4.79 Å². The largest absolute Gasteiger partial charge is 0.497 e.